The molecular formula is C32H33BrO8. The summed E-state index contributed by atoms with van der Waals surface area (Å²) in [5.74, 6) is -2.24. The lowest BCUT2D eigenvalue weighted by Crippen LogP contribution is -2.62. The van der Waals surface area contributed by atoms with Crippen molar-refractivity contribution in [3.05, 3.63) is 81.9 Å². The Balaban J connectivity index is 1.47. The van der Waals surface area contributed by atoms with Crippen LogP contribution < -0.4 is 4.74 Å². The molecule has 3 aliphatic rings. The third-order valence-electron chi connectivity index (χ3n) is 8.76. The van der Waals surface area contributed by atoms with E-state index in [4.69, 9.17) is 18.9 Å². The van der Waals surface area contributed by atoms with Gasteiger partial charge < -0.3 is 24.1 Å². The number of aliphatic hydroxyl groups is 1. The maximum atomic E-state index is 13.2. The Morgan fingerprint density at radius 3 is 2.39 bits per heavy atom. The van der Waals surface area contributed by atoms with Crippen LogP contribution in [-0.4, -0.2) is 48.6 Å². The number of ether oxygens (including phenoxy) is 4. The number of methoxy groups -OCH3 is 1. The van der Waals surface area contributed by atoms with Crippen molar-refractivity contribution in [3.8, 4) is 5.75 Å². The molecule has 1 aliphatic heterocycles. The first-order chi connectivity index (χ1) is 19.4. The number of carbonyl (C=O) groups excluding carboxylic acids is 3. The average Bonchev–Trinajstić information content (AvgIpc) is 3.22. The molecule has 0 bridgehead atoms. The van der Waals surface area contributed by atoms with Crippen LogP contribution in [0.3, 0.4) is 0 Å². The first-order valence-electron chi connectivity index (χ1n) is 13.5. The number of rotatable bonds is 6. The lowest BCUT2D eigenvalue weighted by molar-refractivity contribution is -0.192. The number of esters is 3. The van der Waals surface area contributed by atoms with Gasteiger partial charge in [0.05, 0.1) is 18.6 Å². The Bertz CT molecular complexity index is 1390. The maximum Gasteiger partial charge on any atom is 0.338 e. The van der Waals surface area contributed by atoms with E-state index in [-0.39, 0.29) is 0 Å². The number of hydrogen-bond acceptors (Lipinski definition) is 8. The quantitative estimate of drug-likeness (QED) is 0.195. The summed E-state index contributed by atoms with van der Waals surface area (Å²) in [6, 6.07) is 14.1. The first-order valence-corrected chi connectivity index (χ1v) is 14.3. The molecule has 1 saturated carbocycles. The summed E-state index contributed by atoms with van der Waals surface area (Å²) in [5, 5.41) is 10.7. The predicted molar refractivity (Wildman–Crippen MR) is 154 cm³/mol. The predicted octanol–water partition coefficient (Wildman–Crippen LogP) is 5.48. The zero-order valence-corrected chi connectivity index (χ0v) is 24.9. The molecule has 0 unspecified atom stereocenters. The number of benzene rings is 2. The van der Waals surface area contributed by atoms with Crippen molar-refractivity contribution in [2.45, 2.75) is 52.1 Å². The standard InChI is InChI=1S/C32H33BrO8/c1-31(2)16-15-24(40-25(34)14-7-18-5-12-21(38-4)13-6-18)32(3)26-22(29(36)41-30(26)37)17-23(27(31)32)39-28(35)19-8-10-20(33)11-9-19/h5-14,17,23-24,26-27,29,36H,15-16H2,1-4H3/b14-7+/t23-,24+,26+,27-,29-,32+/m0/s1. The molecule has 6 atom stereocenters. The van der Waals surface area contributed by atoms with Gasteiger partial charge >= 0.3 is 17.9 Å². The third kappa shape index (κ3) is 5.45. The molecule has 2 aromatic carbocycles. The molecule has 41 heavy (non-hydrogen) atoms. The monoisotopic (exact) mass is 624 g/mol. The zero-order chi connectivity index (χ0) is 29.5. The van der Waals surface area contributed by atoms with Gasteiger partial charge in [0, 0.05) is 27.5 Å². The average molecular weight is 626 g/mol. The fraction of sp³-hybridized carbons (Fsp3) is 0.406. The van der Waals surface area contributed by atoms with Crippen LogP contribution in [0, 0.1) is 22.7 Å². The SMILES string of the molecule is COc1ccc(/C=C/C(=O)O[C@@H]2CCC(C)(C)[C@@H]3[C@@H](OC(=O)c4ccc(Br)cc4)C=C4[C@H](C(=O)O[C@@H]4O)[C@@]23C)cc1. The van der Waals surface area contributed by atoms with Gasteiger partial charge in [0.1, 0.15) is 18.0 Å². The van der Waals surface area contributed by atoms with E-state index in [1.54, 1.807) is 55.7 Å². The summed E-state index contributed by atoms with van der Waals surface area (Å²) in [6.45, 7) is 6.00. The summed E-state index contributed by atoms with van der Waals surface area (Å²) in [4.78, 5) is 39.5. The smallest absolute Gasteiger partial charge is 0.338 e. The Labute approximate surface area is 247 Å². The number of fused-ring (bicyclic) bond motifs is 3. The van der Waals surface area contributed by atoms with Gasteiger partial charge in [0.2, 0.25) is 6.29 Å². The molecule has 2 aromatic rings. The molecule has 0 radical (unpaired) electrons. The lowest BCUT2D eigenvalue weighted by atomic mass is 9.47. The molecule has 2 aliphatic carbocycles. The van der Waals surface area contributed by atoms with Gasteiger partial charge in [0.15, 0.2) is 0 Å². The van der Waals surface area contributed by atoms with Gasteiger partial charge in [-0.2, -0.15) is 0 Å². The first kappa shape index (κ1) is 29.1. The van der Waals surface area contributed by atoms with Crippen LogP contribution in [0.25, 0.3) is 6.08 Å². The summed E-state index contributed by atoms with van der Waals surface area (Å²) >= 11 is 3.37. The summed E-state index contributed by atoms with van der Waals surface area (Å²) in [5.41, 5.74) is 0.0676. The second kappa shape index (κ2) is 11.1. The molecule has 0 amide bonds. The fourth-order valence-corrected chi connectivity index (χ4v) is 7.17. The van der Waals surface area contributed by atoms with E-state index in [1.165, 1.54) is 6.08 Å². The minimum absolute atomic E-state index is 0.329. The number of carbonyl (C=O) groups is 3. The Kier molecular flexibility index (Phi) is 7.87. The molecule has 8 nitrogen and oxygen atoms in total. The van der Waals surface area contributed by atoms with Crippen molar-refractivity contribution in [3.63, 3.8) is 0 Å². The molecule has 0 spiro atoms. The van der Waals surface area contributed by atoms with Crippen molar-refractivity contribution in [2.75, 3.05) is 7.11 Å². The second-order valence-corrected chi connectivity index (χ2v) is 12.6. The van der Waals surface area contributed by atoms with Crippen LogP contribution in [0.2, 0.25) is 0 Å². The van der Waals surface area contributed by atoms with E-state index in [0.717, 1.165) is 10.0 Å². The largest absolute Gasteiger partial charge is 0.497 e. The van der Waals surface area contributed by atoms with Gasteiger partial charge in [0.25, 0.3) is 0 Å². The normalized spacial score (nSPS) is 30.0. The molecule has 1 saturated heterocycles. The van der Waals surface area contributed by atoms with Gasteiger partial charge in [-0.15, -0.1) is 0 Å². The van der Waals surface area contributed by atoms with Gasteiger partial charge in [-0.25, -0.2) is 9.59 Å². The topological polar surface area (TPSA) is 108 Å². The van der Waals surface area contributed by atoms with Crippen molar-refractivity contribution >= 4 is 39.9 Å². The molecule has 0 aromatic heterocycles. The van der Waals surface area contributed by atoms with Gasteiger partial charge in [-0.3, -0.25) is 4.79 Å². The molecular weight excluding hydrogens is 592 g/mol. The molecule has 1 heterocycles. The second-order valence-electron chi connectivity index (χ2n) is 11.7. The number of cyclic esters (lactones) is 1. The van der Waals surface area contributed by atoms with Crippen molar-refractivity contribution in [1.82, 2.24) is 0 Å². The van der Waals surface area contributed by atoms with Crippen LogP contribution in [0.1, 0.15) is 49.5 Å². The Hall–Kier alpha value is -3.43. The van der Waals surface area contributed by atoms with Crippen LogP contribution in [0.4, 0.5) is 0 Å². The van der Waals surface area contributed by atoms with Crippen molar-refractivity contribution in [1.29, 1.82) is 0 Å². The molecule has 1 N–H and O–H groups in total. The Morgan fingerprint density at radius 1 is 1.05 bits per heavy atom. The highest BCUT2D eigenvalue weighted by molar-refractivity contribution is 9.10. The van der Waals surface area contributed by atoms with E-state index in [9.17, 15) is 19.5 Å². The van der Waals surface area contributed by atoms with Crippen LogP contribution in [0.15, 0.2) is 70.7 Å². The fourth-order valence-electron chi connectivity index (χ4n) is 6.90. The van der Waals surface area contributed by atoms with E-state index >= 15 is 0 Å². The van der Waals surface area contributed by atoms with Gasteiger partial charge in [-0.05, 0) is 72.4 Å². The van der Waals surface area contributed by atoms with Crippen LogP contribution >= 0.6 is 15.9 Å². The highest BCUT2D eigenvalue weighted by Crippen LogP contribution is 2.63. The summed E-state index contributed by atoms with van der Waals surface area (Å²) in [6.07, 6.45) is 2.85. The highest BCUT2D eigenvalue weighted by Gasteiger charge is 2.67. The van der Waals surface area contributed by atoms with Crippen molar-refractivity contribution < 1.29 is 38.4 Å². The number of aliphatic hydroxyl groups excluding tert-OH is 1. The number of halogens is 1. The van der Waals surface area contributed by atoms with Crippen LogP contribution in [0.5, 0.6) is 5.75 Å². The van der Waals surface area contributed by atoms with E-state index in [0.29, 0.717) is 29.7 Å². The minimum atomic E-state index is -1.46. The van der Waals surface area contributed by atoms with Gasteiger partial charge in [-0.1, -0.05) is 48.8 Å². The zero-order valence-electron chi connectivity index (χ0n) is 23.3. The summed E-state index contributed by atoms with van der Waals surface area (Å²) < 4.78 is 23.4. The van der Waals surface area contributed by atoms with E-state index in [2.05, 4.69) is 29.8 Å². The maximum absolute atomic E-state index is 13.2. The van der Waals surface area contributed by atoms with Crippen molar-refractivity contribution in [2.24, 2.45) is 22.7 Å². The molecule has 9 heteroatoms. The van der Waals surface area contributed by atoms with E-state index in [1.807, 2.05) is 19.1 Å². The minimum Gasteiger partial charge on any atom is -0.497 e. The third-order valence-corrected chi connectivity index (χ3v) is 9.28. The summed E-state index contributed by atoms with van der Waals surface area (Å²) in [7, 11) is 1.58. The lowest BCUT2D eigenvalue weighted by Gasteiger charge is -2.59. The Morgan fingerprint density at radius 2 is 1.73 bits per heavy atom. The molecule has 216 valence electrons. The highest BCUT2D eigenvalue weighted by atomic mass is 79.9. The molecule has 5 rings (SSSR count). The van der Waals surface area contributed by atoms with Crippen LogP contribution in [-0.2, 0) is 23.8 Å². The van der Waals surface area contributed by atoms with E-state index < -0.39 is 59.1 Å². The number of hydrogen-bond donors (Lipinski definition) is 1. The molecule has 2 fully saturated rings.